The SMILES string of the molecule is [C-]#CC#CC#CC#CC#C.[V]. The van der Waals surface area contributed by atoms with Gasteiger partial charge in [0.25, 0.3) is 0 Å². The topological polar surface area (TPSA) is 0 Å². The third-order valence-corrected chi connectivity index (χ3v) is 0.447. The maximum Gasteiger partial charge on any atom is 0 e. The van der Waals surface area contributed by atoms with Crippen LogP contribution >= 0.6 is 0 Å². The molecule has 0 spiro atoms. The molecular formula is C10HV-. The normalized spacial score (nSPS) is 3.09. The van der Waals surface area contributed by atoms with Crippen LogP contribution in [0.5, 0.6) is 0 Å². The molecule has 0 nitrogen and oxygen atoms in total. The molecule has 0 unspecified atom stereocenters. The quantitative estimate of drug-likeness (QED) is 0.362. The van der Waals surface area contributed by atoms with Gasteiger partial charge in [-0.15, -0.1) is 12.3 Å². The monoisotopic (exact) mass is 172 g/mol. The summed E-state index contributed by atoms with van der Waals surface area (Å²) in [6.07, 6.45) is 11.2. The van der Waals surface area contributed by atoms with Crippen molar-refractivity contribution in [2.24, 2.45) is 0 Å². The molecule has 0 aromatic carbocycles. The van der Waals surface area contributed by atoms with Crippen molar-refractivity contribution in [1.82, 2.24) is 0 Å². The summed E-state index contributed by atoms with van der Waals surface area (Å²) >= 11 is 0. The first kappa shape index (κ1) is 12.1. The fourth-order valence-corrected chi connectivity index (χ4v) is 0.192. The van der Waals surface area contributed by atoms with Crippen LogP contribution in [-0.2, 0) is 18.6 Å². The van der Waals surface area contributed by atoms with E-state index in [4.69, 9.17) is 12.8 Å². The third-order valence-electron chi connectivity index (χ3n) is 0.447. The zero-order chi connectivity index (χ0) is 7.66. The van der Waals surface area contributed by atoms with E-state index in [0.717, 1.165) is 0 Å². The Morgan fingerprint density at radius 3 is 1.73 bits per heavy atom. The average molecular weight is 172 g/mol. The molecule has 0 aliphatic carbocycles. The summed E-state index contributed by atoms with van der Waals surface area (Å²) in [6, 6.07) is 0. The Hall–Kier alpha value is -1.62. The fourth-order valence-electron chi connectivity index (χ4n) is 0.192. The molecule has 0 aliphatic rings. The maximum absolute atomic E-state index is 6.36. The summed E-state index contributed by atoms with van der Waals surface area (Å²) in [5.41, 5.74) is 0. The van der Waals surface area contributed by atoms with Crippen molar-refractivity contribution in [2.45, 2.75) is 0 Å². The van der Waals surface area contributed by atoms with Crippen LogP contribution in [0.1, 0.15) is 0 Å². The molecule has 0 saturated carbocycles. The number of rotatable bonds is 0. The van der Waals surface area contributed by atoms with E-state index in [1.165, 1.54) is 0 Å². The van der Waals surface area contributed by atoms with Crippen molar-refractivity contribution < 1.29 is 18.6 Å². The van der Waals surface area contributed by atoms with Gasteiger partial charge in [-0.25, -0.2) is 5.92 Å². The summed E-state index contributed by atoms with van der Waals surface area (Å²) in [5, 5.41) is 0. The van der Waals surface area contributed by atoms with E-state index in [1.54, 1.807) is 0 Å². The largest absolute Gasteiger partial charge is 0.358 e. The first-order valence-electron chi connectivity index (χ1n) is 2.29. The van der Waals surface area contributed by atoms with Gasteiger partial charge in [-0.05, 0) is 29.6 Å². The summed E-state index contributed by atoms with van der Waals surface area (Å²) in [4.78, 5) is 0. The molecule has 0 saturated heterocycles. The van der Waals surface area contributed by atoms with Gasteiger partial charge >= 0.3 is 0 Å². The second kappa shape index (κ2) is 11.2. The summed E-state index contributed by atoms with van der Waals surface area (Å²) in [6.45, 7) is 0. The van der Waals surface area contributed by atoms with Gasteiger partial charge in [-0.1, -0.05) is 0 Å². The predicted molar refractivity (Wildman–Crippen MR) is 39.3 cm³/mol. The van der Waals surface area contributed by atoms with Crippen LogP contribution in [0.2, 0.25) is 0 Å². The summed E-state index contributed by atoms with van der Waals surface area (Å²) < 4.78 is 0. The minimum absolute atomic E-state index is 0. The third kappa shape index (κ3) is 11.8. The Labute approximate surface area is 79.0 Å². The van der Waals surface area contributed by atoms with Gasteiger partial charge < -0.3 is 6.42 Å². The Balaban J connectivity index is 0. The van der Waals surface area contributed by atoms with E-state index < -0.39 is 0 Å². The van der Waals surface area contributed by atoms with Gasteiger partial charge in [0.1, 0.15) is 0 Å². The van der Waals surface area contributed by atoms with Gasteiger partial charge in [-0.3, -0.25) is 5.92 Å². The average Bonchev–Trinajstić information content (AvgIpc) is 1.97. The predicted octanol–water partition coefficient (Wildman–Crippen LogP) is 0.217. The Morgan fingerprint density at radius 1 is 0.818 bits per heavy atom. The molecule has 0 atom stereocenters. The smallest absolute Gasteiger partial charge is 0 e. The van der Waals surface area contributed by atoms with E-state index in [9.17, 15) is 0 Å². The van der Waals surface area contributed by atoms with Crippen molar-refractivity contribution >= 4 is 0 Å². The molecule has 0 fully saturated rings. The number of terminal acetylenes is 1. The first-order chi connectivity index (χ1) is 4.91. The van der Waals surface area contributed by atoms with Crippen LogP contribution in [0.3, 0.4) is 0 Å². The van der Waals surface area contributed by atoms with Gasteiger partial charge in [-0.2, -0.15) is 0 Å². The van der Waals surface area contributed by atoms with E-state index >= 15 is 0 Å². The van der Waals surface area contributed by atoms with Crippen molar-refractivity contribution in [2.75, 3.05) is 0 Å². The molecule has 11 heavy (non-hydrogen) atoms. The maximum atomic E-state index is 6.36. The molecule has 0 amide bonds. The van der Waals surface area contributed by atoms with Crippen LogP contribution < -0.4 is 0 Å². The Bertz CT molecular complexity index is 319. The molecular weight excluding hydrogens is 171 g/mol. The van der Waals surface area contributed by atoms with Gasteiger partial charge in [0.05, 0.1) is 0 Å². The second-order valence-electron chi connectivity index (χ2n) is 1.02. The minimum Gasteiger partial charge on any atom is -0.358 e. The summed E-state index contributed by atoms with van der Waals surface area (Å²) in [5.74, 6) is 17.8. The van der Waals surface area contributed by atoms with Gasteiger partial charge in [0, 0.05) is 18.6 Å². The first-order valence-corrected chi connectivity index (χ1v) is 2.29. The molecule has 0 N–H and O–H groups in total. The zero-order valence-electron chi connectivity index (χ0n) is 5.52. The molecule has 0 bridgehead atoms. The van der Waals surface area contributed by atoms with Crippen LogP contribution in [0.4, 0.5) is 0 Å². The molecule has 1 radical (unpaired) electrons. The van der Waals surface area contributed by atoms with Crippen molar-refractivity contribution in [3.8, 4) is 53.8 Å². The molecule has 0 heterocycles. The van der Waals surface area contributed by atoms with Gasteiger partial charge in [0.2, 0.25) is 0 Å². The van der Waals surface area contributed by atoms with Crippen LogP contribution in [0.25, 0.3) is 0 Å². The molecule has 0 aromatic heterocycles. The second-order valence-corrected chi connectivity index (χ2v) is 1.02. The van der Waals surface area contributed by atoms with Crippen LogP contribution in [0.15, 0.2) is 0 Å². The molecule has 0 rings (SSSR count). The molecule has 1 heteroatoms. The van der Waals surface area contributed by atoms with Crippen molar-refractivity contribution in [3.63, 3.8) is 0 Å². The van der Waals surface area contributed by atoms with Crippen molar-refractivity contribution in [3.05, 3.63) is 6.42 Å². The van der Waals surface area contributed by atoms with Crippen molar-refractivity contribution in [1.29, 1.82) is 0 Å². The fraction of sp³-hybridized carbons (Fsp3) is 0. The van der Waals surface area contributed by atoms with Gasteiger partial charge in [0.15, 0.2) is 0 Å². The van der Waals surface area contributed by atoms with E-state index in [2.05, 4.69) is 41.4 Å². The Morgan fingerprint density at radius 2 is 1.27 bits per heavy atom. The Kier molecular flexibility index (Phi) is 12.3. The minimum atomic E-state index is 0. The standard InChI is InChI=1S/C10H.V/c1-3-5-7-9-10-8-6-4-2;/h1H;/q-1;. The molecule has 47 valence electrons. The van der Waals surface area contributed by atoms with E-state index in [0.29, 0.717) is 0 Å². The molecule has 0 aliphatic heterocycles. The number of hydrogen-bond donors (Lipinski definition) is 0. The summed E-state index contributed by atoms with van der Waals surface area (Å²) in [7, 11) is 0. The van der Waals surface area contributed by atoms with E-state index in [-0.39, 0.29) is 18.6 Å². The zero-order valence-corrected chi connectivity index (χ0v) is 6.92. The van der Waals surface area contributed by atoms with Crippen LogP contribution in [0, 0.1) is 60.2 Å². The van der Waals surface area contributed by atoms with E-state index in [1.807, 2.05) is 5.92 Å². The molecule has 0 aromatic rings. The number of hydrogen-bond acceptors (Lipinski definition) is 0. The van der Waals surface area contributed by atoms with Crippen LogP contribution in [-0.4, -0.2) is 0 Å².